The Hall–Kier alpha value is -0.770. The zero-order chi connectivity index (χ0) is 11.6. The molecule has 0 spiro atoms. The van der Waals surface area contributed by atoms with Crippen LogP contribution in [0.1, 0.15) is 26.2 Å². The van der Waals surface area contributed by atoms with Crippen molar-refractivity contribution in [3.05, 3.63) is 0 Å². The molecule has 0 aromatic heterocycles. The standard InChI is InChI=1S/C13H20N2O2/c1-7-4-10(7)14-13(16)15-5-8-9(6-15)12-3-2-11(8)17-12/h7-12H,2-6H2,1H3,(H,14,16)/t7-,8-,9+,10+,11-,12-/m1/s1. The van der Waals surface area contributed by atoms with Gasteiger partial charge in [-0.1, -0.05) is 6.92 Å². The number of amides is 2. The molecule has 2 amide bonds. The van der Waals surface area contributed by atoms with Gasteiger partial charge in [0.05, 0.1) is 12.2 Å². The van der Waals surface area contributed by atoms with Crippen molar-refractivity contribution in [2.75, 3.05) is 13.1 Å². The van der Waals surface area contributed by atoms with E-state index in [0.29, 0.717) is 36.0 Å². The van der Waals surface area contributed by atoms with Crippen LogP contribution in [0.15, 0.2) is 0 Å². The lowest BCUT2D eigenvalue weighted by atomic mass is 9.82. The summed E-state index contributed by atoms with van der Waals surface area (Å²) in [4.78, 5) is 14.1. The highest BCUT2D eigenvalue weighted by Crippen LogP contribution is 2.47. The summed E-state index contributed by atoms with van der Waals surface area (Å²) >= 11 is 0. The third-order valence-electron chi connectivity index (χ3n) is 5.16. The molecule has 1 saturated carbocycles. The zero-order valence-corrected chi connectivity index (χ0v) is 10.3. The first kappa shape index (κ1) is 10.2. The molecule has 0 aromatic carbocycles. The Bertz CT molecular complexity index is 341. The molecule has 3 aliphatic heterocycles. The van der Waals surface area contributed by atoms with Crippen molar-refractivity contribution < 1.29 is 9.53 Å². The molecule has 4 aliphatic rings. The van der Waals surface area contributed by atoms with Gasteiger partial charge < -0.3 is 15.0 Å². The number of rotatable bonds is 1. The minimum Gasteiger partial charge on any atom is -0.374 e. The van der Waals surface area contributed by atoms with E-state index in [4.69, 9.17) is 4.74 Å². The minimum atomic E-state index is 0.160. The Morgan fingerprint density at radius 1 is 1.24 bits per heavy atom. The number of hydrogen-bond acceptors (Lipinski definition) is 2. The highest BCUT2D eigenvalue weighted by Gasteiger charge is 2.54. The van der Waals surface area contributed by atoms with Crippen LogP contribution < -0.4 is 5.32 Å². The minimum absolute atomic E-state index is 0.160. The maximum Gasteiger partial charge on any atom is 0.317 e. The molecule has 2 bridgehead atoms. The number of hydrogen-bond donors (Lipinski definition) is 1. The molecule has 4 heteroatoms. The molecule has 4 nitrogen and oxygen atoms in total. The molecule has 3 saturated heterocycles. The van der Waals surface area contributed by atoms with E-state index >= 15 is 0 Å². The molecule has 3 heterocycles. The number of fused-ring (bicyclic) bond motifs is 5. The summed E-state index contributed by atoms with van der Waals surface area (Å²) in [5.41, 5.74) is 0. The van der Waals surface area contributed by atoms with E-state index in [1.807, 2.05) is 4.90 Å². The average molecular weight is 236 g/mol. The van der Waals surface area contributed by atoms with Gasteiger partial charge in [0.1, 0.15) is 0 Å². The average Bonchev–Trinajstić information content (AvgIpc) is 2.83. The Kier molecular flexibility index (Phi) is 2.02. The summed E-state index contributed by atoms with van der Waals surface area (Å²) in [5, 5.41) is 3.13. The normalized spacial score (nSPS) is 50.5. The van der Waals surface area contributed by atoms with Crippen molar-refractivity contribution in [1.82, 2.24) is 10.2 Å². The largest absolute Gasteiger partial charge is 0.374 e. The highest BCUT2D eigenvalue weighted by molar-refractivity contribution is 5.75. The molecule has 94 valence electrons. The van der Waals surface area contributed by atoms with Gasteiger partial charge in [0.25, 0.3) is 0 Å². The van der Waals surface area contributed by atoms with Gasteiger partial charge in [-0.2, -0.15) is 0 Å². The van der Waals surface area contributed by atoms with E-state index in [9.17, 15) is 4.79 Å². The van der Waals surface area contributed by atoms with Crippen molar-refractivity contribution in [1.29, 1.82) is 0 Å². The Morgan fingerprint density at radius 2 is 1.82 bits per heavy atom. The lowest BCUT2D eigenvalue weighted by Crippen LogP contribution is -2.41. The van der Waals surface area contributed by atoms with Crippen LogP contribution in [-0.2, 0) is 4.74 Å². The van der Waals surface area contributed by atoms with E-state index in [1.54, 1.807) is 0 Å². The van der Waals surface area contributed by atoms with Crippen LogP contribution in [0, 0.1) is 17.8 Å². The molecule has 4 fully saturated rings. The van der Waals surface area contributed by atoms with Crippen LogP contribution in [0.5, 0.6) is 0 Å². The molecule has 4 rings (SSSR count). The maximum atomic E-state index is 12.1. The van der Waals surface area contributed by atoms with Gasteiger partial charge in [0, 0.05) is 31.0 Å². The monoisotopic (exact) mass is 236 g/mol. The fourth-order valence-electron chi connectivity index (χ4n) is 3.90. The molecule has 1 aliphatic carbocycles. The van der Waals surface area contributed by atoms with E-state index in [-0.39, 0.29) is 6.03 Å². The number of ether oxygens (including phenoxy) is 1. The lowest BCUT2D eigenvalue weighted by molar-refractivity contribution is 0.0738. The van der Waals surface area contributed by atoms with Crippen molar-refractivity contribution in [3.8, 4) is 0 Å². The topological polar surface area (TPSA) is 41.6 Å². The van der Waals surface area contributed by atoms with E-state index in [2.05, 4.69) is 12.2 Å². The molecule has 0 aromatic rings. The fraction of sp³-hybridized carbons (Fsp3) is 0.923. The van der Waals surface area contributed by atoms with Crippen LogP contribution in [0.25, 0.3) is 0 Å². The molecule has 0 radical (unpaired) electrons. The van der Waals surface area contributed by atoms with E-state index in [0.717, 1.165) is 19.5 Å². The molecule has 1 N–H and O–H groups in total. The Morgan fingerprint density at radius 3 is 2.35 bits per heavy atom. The second-order valence-electron chi connectivity index (χ2n) is 6.29. The zero-order valence-electron chi connectivity index (χ0n) is 10.3. The fourth-order valence-corrected chi connectivity index (χ4v) is 3.90. The van der Waals surface area contributed by atoms with Crippen molar-refractivity contribution in [2.24, 2.45) is 17.8 Å². The van der Waals surface area contributed by atoms with Crippen LogP contribution in [0.4, 0.5) is 4.79 Å². The maximum absolute atomic E-state index is 12.1. The summed E-state index contributed by atoms with van der Waals surface area (Å²) < 4.78 is 5.92. The van der Waals surface area contributed by atoms with Crippen molar-refractivity contribution in [3.63, 3.8) is 0 Å². The number of carbonyl (C=O) groups is 1. The van der Waals surface area contributed by atoms with Crippen LogP contribution in [0.3, 0.4) is 0 Å². The van der Waals surface area contributed by atoms with Gasteiger partial charge in [-0.15, -0.1) is 0 Å². The van der Waals surface area contributed by atoms with Crippen LogP contribution in [-0.4, -0.2) is 42.3 Å². The first-order chi connectivity index (χ1) is 8.22. The predicted molar refractivity (Wildman–Crippen MR) is 62.5 cm³/mol. The molecular weight excluding hydrogens is 216 g/mol. The number of nitrogens with one attached hydrogen (secondary N) is 1. The molecule has 17 heavy (non-hydrogen) atoms. The molecule has 6 atom stereocenters. The summed E-state index contributed by atoms with van der Waals surface area (Å²) in [6.45, 7) is 4.02. The smallest absolute Gasteiger partial charge is 0.317 e. The summed E-state index contributed by atoms with van der Waals surface area (Å²) in [5.74, 6) is 1.92. The summed E-state index contributed by atoms with van der Waals surface area (Å²) in [6.07, 6.45) is 4.47. The van der Waals surface area contributed by atoms with Gasteiger partial charge in [0.2, 0.25) is 0 Å². The number of urea groups is 1. The third-order valence-corrected chi connectivity index (χ3v) is 5.16. The van der Waals surface area contributed by atoms with Gasteiger partial charge in [-0.3, -0.25) is 0 Å². The van der Waals surface area contributed by atoms with Crippen molar-refractivity contribution in [2.45, 2.75) is 44.4 Å². The van der Waals surface area contributed by atoms with Crippen LogP contribution >= 0.6 is 0 Å². The van der Waals surface area contributed by atoms with Crippen LogP contribution in [0.2, 0.25) is 0 Å². The second kappa shape index (κ2) is 3.37. The first-order valence-corrected chi connectivity index (χ1v) is 6.93. The Labute approximate surface area is 102 Å². The summed E-state index contributed by atoms with van der Waals surface area (Å²) in [6, 6.07) is 0.601. The third kappa shape index (κ3) is 1.49. The van der Waals surface area contributed by atoms with Gasteiger partial charge in [-0.05, 0) is 25.2 Å². The molecule has 0 unspecified atom stereocenters. The quantitative estimate of drug-likeness (QED) is 0.743. The number of carbonyl (C=O) groups excluding carboxylic acids is 1. The summed E-state index contributed by atoms with van der Waals surface area (Å²) in [7, 11) is 0. The van der Waals surface area contributed by atoms with Gasteiger partial charge in [0.15, 0.2) is 0 Å². The molecular formula is C13H20N2O2. The SMILES string of the molecule is C[C@@H]1C[C@@H]1NC(=O)N1C[C@@H]2[C@H](C1)[C@H]1CC[C@H]2O1. The van der Waals surface area contributed by atoms with Crippen molar-refractivity contribution >= 4 is 6.03 Å². The van der Waals surface area contributed by atoms with Gasteiger partial charge in [-0.25, -0.2) is 4.79 Å². The van der Waals surface area contributed by atoms with E-state index < -0.39 is 0 Å². The highest BCUT2D eigenvalue weighted by atomic mass is 16.5. The predicted octanol–water partition coefficient (Wildman–Crippen LogP) is 1.21. The van der Waals surface area contributed by atoms with Gasteiger partial charge >= 0.3 is 6.03 Å². The number of nitrogens with zero attached hydrogens (tertiary/aromatic N) is 1. The number of likely N-dealkylation sites (tertiary alicyclic amines) is 1. The Balaban J connectivity index is 1.40. The lowest BCUT2D eigenvalue weighted by Gasteiger charge is -2.19. The first-order valence-electron chi connectivity index (χ1n) is 6.93. The van der Waals surface area contributed by atoms with E-state index in [1.165, 1.54) is 12.8 Å². The second-order valence-corrected chi connectivity index (χ2v) is 6.29.